The molecule has 2 atom stereocenters. The van der Waals surface area contributed by atoms with Crippen molar-refractivity contribution in [3.63, 3.8) is 0 Å². The molecule has 0 unspecified atom stereocenters. The van der Waals surface area contributed by atoms with Gasteiger partial charge >= 0.3 is 0 Å². The van der Waals surface area contributed by atoms with Crippen molar-refractivity contribution >= 4 is 21.6 Å². The van der Waals surface area contributed by atoms with Crippen LogP contribution < -0.4 is 4.72 Å². The van der Waals surface area contributed by atoms with Crippen LogP contribution in [0.15, 0.2) is 53.4 Å². The number of nitrogens with one attached hydrogen (secondary N) is 1. The van der Waals surface area contributed by atoms with E-state index in [1.165, 1.54) is 0 Å². The molecule has 2 aromatic rings. The van der Waals surface area contributed by atoms with Gasteiger partial charge in [-0.05, 0) is 36.6 Å². The Labute approximate surface area is 130 Å². The van der Waals surface area contributed by atoms with Gasteiger partial charge in [0.1, 0.15) is 0 Å². The minimum Gasteiger partial charge on any atom is -0.207 e. The molecule has 110 valence electrons. The Bertz CT molecular complexity index is 756. The maximum atomic E-state index is 12.5. The lowest BCUT2D eigenvalue weighted by atomic mass is 10.1. The minimum atomic E-state index is -3.57. The van der Waals surface area contributed by atoms with E-state index in [9.17, 15) is 8.42 Å². The Morgan fingerprint density at radius 2 is 1.76 bits per heavy atom. The molecule has 0 amide bonds. The Balaban J connectivity index is 1.91. The number of rotatable bonds is 3. The summed E-state index contributed by atoms with van der Waals surface area (Å²) in [4.78, 5) is 0.265. The van der Waals surface area contributed by atoms with E-state index in [1.807, 2.05) is 31.2 Å². The summed E-state index contributed by atoms with van der Waals surface area (Å²) in [6, 6.07) is 14.2. The quantitative estimate of drug-likeness (QED) is 0.883. The predicted octanol–water partition coefficient (Wildman–Crippen LogP) is 3.18. The summed E-state index contributed by atoms with van der Waals surface area (Å²) in [5, 5.41) is -0.261. The molecule has 2 aromatic carbocycles. The molecule has 21 heavy (non-hydrogen) atoms. The highest BCUT2D eigenvalue weighted by atomic mass is 35.5. The van der Waals surface area contributed by atoms with Crippen molar-refractivity contribution in [1.82, 2.24) is 4.72 Å². The zero-order valence-electron chi connectivity index (χ0n) is 11.6. The van der Waals surface area contributed by atoms with E-state index in [1.54, 1.807) is 24.3 Å². The summed E-state index contributed by atoms with van der Waals surface area (Å²) in [6.07, 6.45) is 0.679. The summed E-state index contributed by atoms with van der Waals surface area (Å²) in [5.74, 6) is 0. The van der Waals surface area contributed by atoms with Crippen molar-refractivity contribution in [2.24, 2.45) is 0 Å². The van der Waals surface area contributed by atoms with Crippen LogP contribution in [0.5, 0.6) is 0 Å². The fourth-order valence-electron chi connectivity index (χ4n) is 2.64. The fourth-order valence-corrected chi connectivity index (χ4v) is 4.33. The first-order valence-electron chi connectivity index (χ1n) is 6.78. The molecule has 3 nitrogen and oxygen atoms in total. The van der Waals surface area contributed by atoms with E-state index < -0.39 is 10.0 Å². The van der Waals surface area contributed by atoms with Gasteiger partial charge in [0.25, 0.3) is 0 Å². The van der Waals surface area contributed by atoms with Crippen LogP contribution in [-0.2, 0) is 16.4 Å². The van der Waals surface area contributed by atoms with Gasteiger partial charge in [-0.1, -0.05) is 42.0 Å². The zero-order chi connectivity index (χ0) is 15.0. The van der Waals surface area contributed by atoms with Crippen LogP contribution in [-0.4, -0.2) is 13.8 Å². The summed E-state index contributed by atoms with van der Waals surface area (Å²) in [7, 11) is -3.57. The van der Waals surface area contributed by atoms with Gasteiger partial charge in [0.05, 0.1) is 16.3 Å². The number of sulfonamides is 1. The van der Waals surface area contributed by atoms with E-state index in [0.717, 1.165) is 16.7 Å². The molecular formula is C16H16ClNO2S. The van der Waals surface area contributed by atoms with E-state index >= 15 is 0 Å². The van der Waals surface area contributed by atoms with Crippen molar-refractivity contribution in [1.29, 1.82) is 0 Å². The number of alkyl halides is 1. The van der Waals surface area contributed by atoms with Gasteiger partial charge in [-0.3, -0.25) is 0 Å². The van der Waals surface area contributed by atoms with Crippen LogP contribution in [0.4, 0.5) is 0 Å². The Morgan fingerprint density at radius 3 is 2.48 bits per heavy atom. The van der Waals surface area contributed by atoms with E-state index in [0.29, 0.717) is 6.42 Å². The third-order valence-electron chi connectivity index (χ3n) is 3.78. The van der Waals surface area contributed by atoms with Crippen LogP contribution in [0, 0.1) is 6.92 Å². The standard InChI is InChI=1S/C16H16ClNO2S/c1-11-6-8-13(9-7-11)21(19,20)18-16-14-5-3-2-4-12(14)10-15(16)17/h2-9,15-16,18H,10H2,1H3/t15-,16-/m1/s1. The first kappa shape index (κ1) is 14.6. The zero-order valence-corrected chi connectivity index (χ0v) is 13.2. The number of benzene rings is 2. The average molecular weight is 322 g/mol. The van der Waals surface area contributed by atoms with Crippen LogP contribution >= 0.6 is 11.6 Å². The third kappa shape index (κ3) is 2.84. The molecule has 0 saturated heterocycles. The number of hydrogen-bond acceptors (Lipinski definition) is 2. The summed E-state index contributed by atoms with van der Waals surface area (Å²) in [5.41, 5.74) is 3.10. The van der Waals surface area contributed by atoms with Gasteiger partial charge < -0.3 is 0 Å². The normalized spacial score (nSPS) is 21.2. The highest BCUT2D eigenvalue weighted by molar-refractivity contribution is 7.89. The molecule has 0 saturated carbocycles. The first-order chi connectivity index (χ1) is 9.97. The molecule has 0 radical (unpaired) electrons. The lowest BCUT2D eigenvalue weighted by molar-refractivity contribution is 0.556. The smallest absolute Gasteiger partial charge is 0.207 e. The molecule has 1 N–H and O–H groups in total. The van der Waals surface area contributed by atoms with Gasteiger partial charge in [-0.25, -0.2) is 13.1 Å². The summed E-state index contributed by atoms with van der Waals surface area (Å²) >= 11 is 6.34. The lowest BCUT2D eigenvalue weighted by Crippen LogP contribution is -2.31. The second kappa shape index (κ2) is 5.44. The number of hydrogen-bond donors (Lipinski definition) is 1. The van der Waals surface area contributed by atoms with Crippen LogP contribution in [0.3, 0.4) is 0 Å². The summed E-state index contributed by atoms with van der Waals surface area (Å²) < 4.78 is 27.7. The topological polar surface area (TPSA) is 46.2 Å². The number of fused-ring (bicyclic) bond motifs is 1. The van der Waals surface area contributed by atoms with Gasteiger partial charge in [-0.15, -0.1) is 11.6 Å². The third-order valence-corrected chi connectivity index (χ3v) is 5.64. The molecule has 0 fully saturated rings. The predicted molar refractivity (Wildman–Crippen MR) is 84.0 cm³/mol. The lowest BCUT2D eigenvalue weighted by Gasteiger charge is -2.17. The molecule has 5 heteroatoms. The maximum absolute atomic E-state index is 12.5. The SMILES string of the molecule is Cc1ccc(S(=O)(=O)N[C@@H]2c3ccccc3C[C@H]2Cl)cc1. The van der Waals surface area contributed by atoms with Crippen molar-refractivity contribution in [2.75, 3.05) is 0 Å². The molecule has 0 spiro atoms. The van der Waals surface area contributed by atoms with Crippen LogP contribution in [0.1, 0.15) is 22.7 Å². The van der Waals surface area contributed by atoms with Crippen molar-refractivity contribution < 1.29 is 8.42 Å². The van der Waals surface area contributed by atoms with Crippen molar-refractivity contribution in [2.45, 2.75) is 29.7 Å². The second-order valence-electron chi connectivity index (χ2n) is 5.33. The van der Waals surface area contributed by atoms with Crippen LogP contribution in [0.2, 0.25) is 0 Å². The molecule has 0 aromatic heterocycles. The maximum Gasteiger partial charge on any atom is 0.241 e. The van der Waals surface area contributed by atoms with Crippen LogP contribution in [0.25, 0.3) is 0 Å². The highest BCUT2D eigenvalue weighted by Crippen LogP contribution is 2.35. The molecule has 0 bridgehead atoms. The molecular weight excluding hydrogens is 306 g/mol. The molecule has 3 rings (SSSR count). The van der Waals surface area contributed by atoms with Crippen molar-refractivity contribution in [3.05, 3.63) is 65.2 Å². The number of aryl methyl sites for hydroxylation is 1. The van der Waals surface area contributed by atoms with E-state index in [-0.39, 0.29) is 16.3 Å². The van der Waals surface area contributed by atoms with Crippen molar-refractivity contribution in [3.8, 4) is 0 Å². The largest absolute Gasteiger partial charge is 0.241 e. The van der Waals surface area contributed by atoms with E-state index in [2.05, 4.69) is 4.72 Å². The van der Waals surface area contributed by atoms with Gasteiger partial charge in [0, 0.05) is 0 Å². The van der Waals surface area contributed by atoms with E-state index in [4.69, 9.17) is 11.6 Å². The first-order valence-corrected chi connectivity index (χ1v) is 8.70. The number of halogens is 1. The monoisotopic (exact) mass is 321 g/mol. The fraction of sp³-hybridized carbons (Fsp3) is 0.250. The second-order valence-corrected chi connectivity index (χ2v) is 7.61. The van der Waals surface area contributed by atoms with Gasteiger partial charge in [-0.2, -0.15) is 0 Å². The highest BCUT2D eigenvalue weighted by Gasteiger charge is 2.34. The van der Waals surface area contributed by atoms with Gasteiger partial charge in [0.2, 0.25) is 10.0 Å². The molecule has 1 aliphatic carbocycles. The Kier molecular flexibility index (Phi) is 3.78. The van der Waals surface area contributed by atoms with Gasteiger partial charge in [0.15, 0.2) is 0 Å². The Morgan fingerprint density at radius 1 is 1.10 bits per heavy atom. The molecule has 0 heterocycles. The average Bonchev–Trinajstić information content (AvgIpc) is 2.75. The molecule has 1 aliphatic rings. The summed E-state index contributed by atoms with van der Waals surface area (Å²) in [6.45, 7) is 1.92. The molecule has 0 aliphatic heterocycles. The minimum absolute atomic E-state index is 0.261. The Hall–Kier alpha value is -1.36.